The summed E-state index contributed by atoms with van der Waals surface area (Å²) in [6, 6.07) is 3.40. The molecule has 0 amide bonds. The summed E-state index contributed by atoms with van der Waals surface area (Å²) in [7, 11) is 0. The van der Waals surface area contributed by atoms with Gasteiger partial charge in [-0.05, 0) is 56.7 Å². The number of hydrogen-bond acceptors (Lipinski definition) is 11. The second kappa shape index (κ2) is 19.7. The number of nitrogens with two attached hydrogens (primary N) is 1. The van der Waals surface area contributed by atoms with Gasteiger partial charge in [-0.25, -0.2) is 9.59 Å². The molecule has 0 heterocycles. The summed E-state index contributed by atoms with van der Waals surface area (Å²) < 4.78 is 31.5. The van der Waals surface area contributed by atoms with Crippen LogP contribution in [0.25, 0.3) is 0 Å². The maximum Gasteiger partial charge on any atom is 0.513 e. The molecule has 42 heavy (non-hydrogen) atoms. The average Bonchev–Trinajstić information content (AvgIpc) is 2.98. The lowest BCUT2D eigenvalue weighted by atomic mass is 9.89. The highest BCUT2D eigenvalue weighted by atomic mass is 16.7. The Morgan fingerprint density at radius 2 is 1.43 bits per heavy atom. The Bertz CT molecular complexity index is 992. The van der Waals surface area contributed by atoms with Crippen LogP contribution in [0.4, 0.5) is 9.59 Å². The fraction of sp³-hybridized carbons (Fsp3) is 0.677. The third kappa shape index (κ3) is 13.5. The molecule has 2 N–H and O–H groups in total. The molecule has 11 heteroatoms. The Hall–Kier alpha value is -3.34. The van der Waals surface area contributed by atoms with E-state index in [9.17, 15) is 19.2 Å². The van der Waals surface area contributed by atoms with E-state index < -0.39 is 30.4 Å². The number of ether oxygens (including phenoxy) is 6. The third-order valence-corrected chi connectivity index (χ3v) is 6.80. The molecule has 2 rings (SSSR count). The molecular weight excluding hydrogens is 546 g/mol. The molecule has 0 unspecified atom stereocenters. The zero-order chi connectivity index (χ0) is 30.7. The van der Waals surface area contributed by atoms with Crippen LogP contribution < -0.4 is 15.2 Å². The van der Waals surface area contributed by atoms with Crippen molar-refractivity contribution in [2.24, 2.45) is 11.7 Å². The van der Waals surface area contributed by atoms with Gasteiger partial charge in [0.05, 0.1) is 19.1 Å². The largest absolute Gasteiger partial charge is 0.513 e. The summed E-state index contributed by atoms with van der Waals surface area (Å²) >= 11 is 0. The van der Waals surface area contributed by atoms with Gasteiger partial charge in [0, 0.05) is 0 Å². The number of unbranched alkanes of at least 4 members (excludes halogenated alkanes) is 4. The Morgan fingerprint density at radius 1 is 0.833 bits per heavy atom. The van der Waals surface area contributed by atoms with Crippen molar-refractivity contribution in [1.29, 1.82) is 0 Å². The minimum atomic E-state index is -1.05. The normalized spacial score (nSPS) is 14.8. The number of benzene rings is 1. The predicted octanol–water partition coefficient (Wildman–Crippen LogP) is 6.02. The number of esters is 2. The van der Waals surface area contributed by atoms with Gasteiger partial charge in [0.25, 0.3) is 0 Å². The molecule has 0 aliphatic heterocycles. The molecule has 0 bridgehead atoms. The molecule has 2 atom stereocenters. The molecule has 0 spiro atoms. The number of carbonyl (C=O) groups excluding carboxylic acids is 4. The standard InChI is InChI=1S/C31H47NO10/c1-4-6-11-17-37-30(35)41-26-16-15-23(20-27(26)42-31(36)38-18-12-7-5-2)19-25(32)29(34)40-22(3)21-39-28(33)24-13-9-8-10-14-24/h15-16,20,22,24-25H,4-14,17-19,21,32H2,1-3H3/t22-,25-/m0/s1. The first-order valence-corrected chi connectivity index (χ1v) is 15.2. The quantitative estimate of drug-likeness (QED) is 0.0977. The molecule has 0 radical (unpaired) electrons. The molecule has 1 aliphatic carbocycles. The maximum absolute atomic E-state index is 12.6. The van der Waals surface area contributed by atoms with E-state index in [1.54, 1.807) is 13.0 Å². The van der Waals surface area contributed by atoms with Crippen molar-refractivity contribution in [3.8, 4) is 11.5 Å². The summed E-state index contributed by atoms with van der Waals surface area (Å²) in [6.45, 7) is 6.04. The first-order chi connectivity index (χ1) is 20.2. The molecule has 1 fully saturated rings. The Labute approximate surface area is 248 Å². The lowest BCUT2D eigenvalue weighted by molar-refractivity contribution is -0.161. The second-order valence-electron chi connectivity index (χ2n) is 10.6. The molecule has 11 nitrogen and oxygen atoms in total. The van der Waals surface area contributed by atoms with Gasteiger partial charge in [-0.1, -0.05) is 64.9 Å². The fourth-order valence-electron chi connectivity index (χ4n) is 4.41. The summed E-state index contributed by atoms with van der Waals surface area (Å²) in [5.41, 5.74) is 6.62. The maximum atomic E-state index is 12.6. The van der Waals surface area contributed by atoms with Gasteiger partial charge in [0.15, 0.2) is 11.5 Å². The smallest absolute Gasteiger partial charge is 0.462 e. The predicted molar refractivity (Wildman–Crippen MR) is 154 cm³/mol. The van der Waals surface area contributed by atoms with E-state index in [-0.39, 0.29) is 49.6 Å². The highest BCUT2D eigenvalue weighted by molar-refractivity contribution is 5.76. The van der Waals surface area contributed by atoms with E-state index in [2.05, 4.69) is 0 Å². The van der Waals surface area contributed by atoms with Gasteiger partial charge < -0.3 is 34.2 Å². The van der Waals surface area contributed by atoms with Crippen LogP contribution in [0.5, 0.6) is 11.5 Å². The second-order valence-corrected chi connectivity index (χ2v) is 10.6. The Kier molecular flexibility index (Phi) is 16.4. The molecule has 1 aliphatic rings. The van der Waals surface area contributed by atoms with Crippen molar-refractivity contribution in [1.82, 2.24) is 0 Å². The van der Waals surface area contributed by atoms with E-state index in [4.69, 9.17) is 34.2 Å². The minimum Gasteiger partial charge on any atom is -0.462 e. The minimum absolute atomic E-state index is 0.0388. The van der Waals surface area contributed by atoms with Crippen molar-refractivity contribution < 1.29 is 47.6 Å². The molecular formula is C31H47NO10. The van der Waals surface area contributed by atoms with Gasteiger partial charge >= 0.3 is 24.2 Å². The van der Waals surface area contributed by atoms with Gasteiger partial charge in [0.1, 0.15) is 18.8 Å². The first kappa shape index (κ1) is 34.9. The highest BCUT2D eigenvalue weighted by Gasteiger charge is 2.25. The topological polar surface area (TPSA) is 150 Å². The zero-order valence-corrected chi connectivity index (χ0v) is 25.2. The molecule has 1 aromatic rings. The lowest BCUT2D eigenvalue weighted by Gasteiger charge is -2.21. The van der Waals surface area contributed by atoms with Crippen LogP contribution >= 0.6 is 0 Å². The van der Waals surface area contributed by atoms with Crippen molar-refractivity contribution in [2.75, 3.05) is 19.8 Å². The number of rotatable bonds is 17. The van der Waals surface area contributed by atoms with Crippen LogP contribution in [0.2, 0.25) is 0 Å². The average molecular weight is 594 g/mol. The van der Waals surface area contributed by atoms with Gasteiger partial charge in [-0.15, -0.1) is 0 Å². The van der Waals surface area contributed by atoms with Crippen molar-refractivity contribution in [3.63, 3.8) is 0 Å². The lowest BCUT2D eigenvalue weighted by Crippen LogP contribution is -2.37. The van der Waals surface area contributed by atoms with Crippen molar-refractivity contribution in [2.45, 2.75) is 110 Å². The van der Waals surface area contributed by atoms with E-state index in [1.165, 1.54) is 12.1 Å². The first-order valence-electron chi connectivity index (χ1n) is 15.2. The SMILES string of the molecule is CCCCCOC(=O)Oc1ccc(C[C@H](N)C(=O)O[C@@H](C)COC(=O)C2CCCCC2)cc1OC(=O)OCCCCC. The van der Waals surface area contributed by atoms with E-state index in [0.717, 1.165) is 57.8 Å². The van der Waals surface area contributed by atoms with Crippen LogP contribution in [0.1, 0.15) is 97.0 Å². The fourth-order valence-corrected chi connectivity index (χ4v) is 4.41. The molecule has 1 saturated carbocycles. The van der Waals surface area contributed by atoms with Crippen LogP contribution in [0.15, 0.2) is 18.2 Å². The van der Waals surface area contributed by atoms with Crippen LogP contribution in [-0.2, 0) is 35.0 Å². The van der Waals surface area contributed by atoms with Crippen LogP contribution in [0.3, 0.4) is 0 Å². The summed E-state index contributed by atoms with van der Waals surface area (Å²) in [5, 5.41) is 0. The molecule has 0 saturated heterocycles. The third-order valence-electron chi connectivity index (χ3n) is 6.80. The van der Waals surface area contributed by atoms with E-state index in [1.807, 2.05) is 13.8 Å². The molecule has 1 aromatic carbocycles. The monoisotopic (exact) mass is 593 g/mol. The summed E-state index contributed by atoms with van der Waals surface area (Å²) in [4.78, 5) is 49.3. The van der Waals surface area contributed by atoms with Crippen LogP contribution in [0, 0.1) is 5.92 Å². The molecule has 0 aromatic heterocycles. The van der Waals surface area contributed by atoms with Gasteiger partial charge in [0.2, 0.25) is 0 Å². The Balaban J connectivity index is 1.96. The highest BCUT2D eigenvalue weighted by Crippen LogP contribution is 2.30. The number of hydrogen-bond donors (Lipinski definition) is 1. The zero-order valence-electron chi connectivity index (χ0n) is 25.2. The van der Waals surface area contributed by atoms with Crippen molar-refractivity contribution >= 4 is 24.2 Å². The van der Waals surface area contributed by atoms with Crippen molar-refractivity contribution in [3.05, 3.63) is 23.8 Å². The number of carbonyl (C=O) groups is 4. The molecule has 236 valence electrons. The van der Waals surface area contributed by atoms with Gasteiger partial charge in [-0.2, -0.15) is 0 Å². The van der Waals surface area contributed by atoms with Crippen LogP contribution in [-0.4, -0.2) is 56.2 Å². The van der Waals surface area contributed by atoms with E-state index in [0.29, 0.717) is 18.4 Å². The summed E-state index contributed by atoms with van der Waals surface area (Å²) in [6.07, 6.45) is 7.43. The Morgan fingerprint density at radius 3 is 2.02 bits per heavy atom. The van der Waals surface area contributed by atoms with E-state index >= 15 is 0 Å². The summed E-state index contributed by atoms with van der Waals surface area (Å²) in [5.74, 6) is -1.16. The van der Waals surface area contributed by atoms with Gasteiger partial charge in [-0.3, -0.25) is 9.59 Å².